The Hall–Kier alpha value is -4.31. The fourth-order valence-electron chi connectivity index (χ4n) is 3.49. The molecular formula is C27H20N4. The Morgan fingerprint density at radius 2 is 0.806 bits per heavy atom. The molecule has 5 rings (SSSR count). The van der Waals surface area contributed by atoms with Crippen molar-refractivity contribution in [2.45, 2.75) is 0 Å². The molecule has 0 saturated heterocycles. The van der Waals surface area contributed by atoms with Crippen LogP contribution in [-0.4, -0.2) is 15.0 Å². The Morgan fingerprint density at radius 3 is 1.35 bits per heavy atom. The van der Waals surface area contributed by atoms with Crippen LogP contribution in [0.15, 0.2) is 109 Å². The Balaban J connectivity index is 1.66. The van der Waals surface area contributed by atoms with E-state index in [1.807, 2.05) is 97.1 Å². The summed E-state index contributed by atoms with van der Waals surface area (Å²) in [6.07, 6.45) is 0. The second-order valence-electron chi connectivity index (χ2n) is 7.24. The molecule has 0 fully saturated rings. The van der Waals surface area contributed by atoms with Crippen molar-refractivity contribution in [3.8, 4) is 45.3 Å². The molecule has 0 aliphatic heterocycles. The van der Waals surface area contributed by atoms with Crippen LogP contribution in [0, 0.1) is 0 Å². The number of anilines is 1. The zero-order chi connectivity index (χ0) is 21.0. The number of aromatic nitrogens is 3. The summed E-state index contributed by atoms with van der Waals surface area (Å²) < 4.78 is 0. The first-order valence-electron chi connectivity index (χ1n) is 10.1. The van der Waals surface area contributed by atoms with Gasteiger partial charge in [0.05, 0.1) is 0 Å². The second-order valence-corrected chi connectivity index (χ2v) is 7.24. The van der Waals surface area contributed by atoms with Crippen molar-refractivity contribution in [3.63, 3.8) is 0 Å². The Kier molecular flexibility index (Phi) is 4.95. The van der Waals surface area contributed by atoms with Crippen molar-refractivity contribution in [1.82, 2.24) is 15.0 Å². The van der Waals surface area contributed by atoms with Crippen molar-refractivity contribution in [2.24, 2.45) is 0 Å². The smallest absolute Gasteiger partial charge is 0.164 e. The lowest BCUT2D eigenvalue weighted by atomic mass is 10.0. The quantitative estimate of drug-likeness (QED) is 0.369. The van der Waals surface area contributed by atoms with E-state index in [1.165, 1.54) is 0 Å². The summed E-state index contributed by atoms with van der Waals surface area (Å²) in [6, 6.07) is 36.0. The monoisotopic (exact) mass is 400 g/mol. The molecule has 0 aliphatic carbocycles. The number of nitrogen functional groups attached to an aromatic ring is 1. The molecule has 1 heterocycles. The van der Waals surface area contributed by atoms with Crippen LogP contribution < -0.4 is 5.73 Å². The lowest BCUT2D eigenvalue weighted by Gasteiger charge is -2.10. The molecule has 0 bridgehead atoms. The van der Waals surface area contributed by atoms with Crippen LogP contribution in [0.1, 0.15) is 0 Å². The number of hydrogen-bond donors (Lipinski definition) is 1. The van der Waals surface area contributed by atoms with Crippen LogP contribution in [0.5, 0.6) is 0 Å². The fraction of sp³-hybridized carbons (Fsp3) is 0. The number of hydrogen-bond acceptors (Lipinski definition) is 4. The van der Waals surface area contributed by atoms with Gasteiger partial charge >= 0.3 is 0 Å². The van der Waals surface area contributed by atoms with Gasteiger partial charge in [-0.1, -0.05) is 91.0 Å². The van der Waals surface area contributed by atoms with Gasteiger partial charge in [0.25, 0.3) is 0 Å². The summed E-state index contributed by atoms with van der Waals surface area (Å²) >= 11 is 0. The van der Waals surface area contributed by atoms with E-state index in [0.717, 1.165) is 33.5 Å². The van der Waals surface area contributed by atoms with Gasteiger partial charge in [0.2, 0.25) is 0 Å². The minimum atomic E-state index is 0.637. The molecule has 2 N–H and O–H groups in total. The summed E-state index contributed by atoms with van der Waals surface area (Å²) in [5.74, 6) is 1.94. The van der Waals surface area contributed by atoms with Crippen molar-refractivity contribution in [2.75, 3.05) is 5.73 Å². The van der Waals surface area contributed by atoms with Crippen LogP contribution >= 0.6 is 0 Å². The molecule has 0 aliphatic rings. The fourth-order valence-corrected chi connectivity index (χ4v) is 3.49. The van der Waals surface area contributed by atoms with E-state index in [1.54, 1.807) is 0 Å². The summed E-state index contributed by atoms with van der Waals surface area (Å²) in [5, 5.41) is 0. The maximum Gasteiger partial charge on any atom is 0.164 e. The van der Waals surface area contributed by atoms with E-state index in [4.69, 9.17) is 20.7 Å². The molecule has 1 aromatic heterocycles. The first kappa shape index (κ1) is 18.7. The van der Waals surface area contributed by atoms with Crippen LogP contribution in [-0.2, 0) is 0 Å². The Bertz CT molecular complexity index is 1270. The van der Waals surface area contributed by atoms with Gasteiger partial charge in [-0.15, -0.1) is 0 Å². The molecule has 0 saturated carbocycles. The predicted octanol–water partition coefficient (Wildman–Crippen LogP) is 6.12. The molecule has 0 atom stereocenters. The summed E-state index contributed by atoms with van der Waals surface area (Å²) in [4.78, 5) is 14.4. The van der Waals surface area contributed by atoms with Crippen LogP contribution in [0.3, 0.4) is 0 Å². The van der Waals surface area contributed by atoms with Gasteiger partial charge in [-0.2, -0.15) is 0 Å². The highest BCUT2D eigenvalue weighted by molar-refractivity contribution is 5.73. The SMILES string of the molecule is Nc1cccc(-c2cccc(-c3nc(-c4ccccc4)nc(-c4ccccc4)n3)c2)c1. The molecule has 4 nitrogen and oxygen atoms in total. The number of rotatable bonds is 4. The van der Waals surface area contributed by atoms with Crippen LogP contribution in [0.2, 0.25) is 0 Å². The minimum absolute atomic E-state index is 0.637. The molecule has 4 heteroatoms. The van der Waals surface area contributed by atoms with Gasteiger partial charge in [-0.3, -0.25) is 0 Å². The first-order valence-corrected chi connectivity index (χ1v) is 10.1. The van der Waals surface area contributed by atoms with E-state index in [2.05, 4.69) is 12.1 Å². The molecule has 5 aromatic rings. The van der Waals surface area contributed by atoms with Crippen LogP contribution in [0.25, 0.3) is 45.3 Å². The van der Waals surface area contributed by atoms with Gasteiger partial charge in [0.1, 0.15) is 0 Å². The Labute approximate surface area is 181 Å². The van der Waals surface area contributed by atoms with Crippen LogP contribution in [0.4, 0.5) is 5.69 Å². The highest BCUT2D eigenvalue weighted by Gasteiger charge is 2.12. The topological polar surface area (TPSA) is 64.7 Å². The lowest BCUT2D eigenvalue weighted by molar-refractivity contribution is 1.07. The molecule has 0 spiro atoms. The van der Waals surface area contributed by atoms with Crippen molar-refractivity contribution in [3.05, 3.63) is 109 Å². The van der Waals surface area contributed by atoms with Gasteiger partial charge in [0, 0.05) is 22.4 Å². The molecule has 0 unspecified atom stereocenters. The third kappa shape index (κ3) is 4.05. The molecule has 0 radical (unpaired) electrons. The molecule has 4 aromatic carbocycles. The van der Waals surface area contributed by atoms with Gasteiger partial charge in [-0.25, -0.2) is 15.0 Å². The highest BCUT2D eigenvalue weighted by atomic mass is 15.0. The third-order valence-electron chi connectivity index (χ3n) is 5.04. The molecule has 31 heavy (non-hydrogen) atoms. The summed E-state index contributed by atoms with van der Waals surface area (Å²) in [6.45, 7) is 0. The zero-order valence-corrected chi connectivity index (χ0v) is 16.8. The van der Waals surface area contributed by atoms with Crippen molar-refractivity contribution in [1.29, 1.82) is 0 Å². The average molecular weight is 400 g/mol. The predicted molar refractivity (Wildman–Crippen MR) is 126 cm³/mol. The van der Waals surface area contributed by atoms with E-state index in [9.17, 15) is 0 Å². The number of nitrogens with two attached hydrogens (primary N) is 1. The third-order valence-corrected chi connectivity index (χ3v) is 5.04. The van der Waals surface area contributed by atoms with Gasteiger partial charge in [0.15, 0.2) is 17.5 Å². The van der Waals surface area contributed by atoms with E-state index >= 15 is 0 Å². The second kappa shape index (κ2) is 8.20. The van der Waals surface area contributed by atoms with Crippen molar-refractivity contribution < 1.29 is 0 Å². The largest absolute Gasteiger partial charge is 0.399 e. The zero-order valence-electron chi connectivity index (χ0n) is 16.8. The Morgan fingerprint density at radius 1 is 0.387 bits per heavy atom. The van der Waals surface area contributed by atoms with Crippen molar-refractivity contribution >= 4 is 5.69 Å². The lowest BCUT2D eigenvalue weighted by Crippen LogP contribution is -2.00. The standard InChI is InChI=1S/C27H20N4/c28-24-16-8-14-22(18-24)21-13-7-15-23(17-21)27-30-25(19-9-3-1-4-10-19)29-26(31-27)20-11-5-2-6-12-20/h1-18H,28H2. The minimum Gasteiger partial charge on any atom is -0.399 e. The van der Waals surface area contributed by atoms with E-state index in [-0.39, 0.29) is 0 Å². The highest BCUT2D eigenvalue weighted by Crippen LogP contribution is 2.28. The van der Waals surface area contributed by atoms with E-state index < -0.39 is 0 Å². The normalized spacial score (nSPS) is 10.7. The first-order chi connectivity index (χ1) is 15.3. The molecular weight excluding hydrogens is 380 g/mol. The van der Waals surface area contributed by atoms with E-state index in [0.29, 0.717) is 17.5 Å². The van der Waals surface area contributed by atoms with Gasteiger partial charge < -0.3 is 5.73 Å². The number of nitrogens with zero attached hydrogens (tertiary/aromatic N) is 3. The van der Waals surface area contributed by atoms with Gasteiger partial charge in [-0.05, 0) is 29.3 Å². The maximum absolute atomic E-state index is 5.98. The summed E-state index contributed by atoms with van der Waals surface area (Å²) in [5.41, 5.74) is 11.7. The molecule has 148 valence electrons. The maximum atomic E-state index is 5.98. The summed E-state index contributed by atoms with van der Waals surface area (Å²) in [7, 11) is 0. The molecule has 0 amide bonds. The number of benzene rings is 4. The average Bonchev–Trinajstić information content (AvgIpc) is 2.85.